The molecule has 2 amide bonds. The summed E-state index contributed by atoms with van der Waals surface area (Å²) in [4.78, 5) is 40.1. The van der Waals surface area contributed by atoms with Crippen molar-refractivity contribution in [3.05, 3.63) is 65.4 Å². The first-order valence-corrected chi connectivity index (χ1v) is 14.3. The zero-order valence-electron chi connectivity index (χ0n) is 21.1. The van der Waals surface area contributed by atoms with Gasteiger partial charge in [0.25, 0.3) is 21.8 Å². The topological polar surface area (TPSA) is 126 Å². The molecule has 2 N–H and O–H groups in total. The number of hydrogen-bond acceptors (Lipinski definition) is 7. The normalized spacial score (nSPS) is 17.3. The number of carbonyl (C=O) groups is 3. The van der Waals surface area contributed by atoms with Gasteiger partial charge in [-0.3, -0.25) is 14.4 Å². The van der Waals surface area contributed by atoms with Crippen LogP contribution in [0.4, 0.5) is 0 Å². The van der Waals surface area contributed by atoms with Gasteiger partial charge in [-0.1, -0.05) is 49.7 Å². The van der Waals surface area contributed by atoms with Crippen molar-refractivity contribution in [3.63, 3.8) is 0 Å². The van der Waals surface area contributed by atoms with Gasteiger partial charge in [0.05, 0.1) is 11.4 Å². The van der Waals surface area contributed by atoms with Crippen molar-refractivity contribution in [2.45, 2.75) is 50.1 Å². The molecule has 1 aliphatic heterocycles. The number of rotatable bonds is 8. The Morgan fingerprint density at radius 3 is 2.63 bits per heavy atom. The number of hydrogen-bond donors (Lipinski definition) is 2. The lowest BCUT2D eigenvalue weighted by molar-refractivity contribution is -0.135. The molecule has 1 saturated heterocycles. The monoisotopic (exact) mass is 559 g/mol. The molecule has 0 aliphatic carbocycles. The fourth-order valence-corrected chi connectivity index (χ4v) is 6.44. The average molecular weight is 560 g/mol. The highest BCUT2D eigenvalue weighted by atomic mass is 35.5. The van der Waals surface area contributed by atoms with Crippen LogP contribution < -0.4 is 10.6 Å². The van der Waals surface area contributed by atoms with Crippen LogP contribution in [0.5, 0.6) is 0 Å². The number of nitrogens with zero attached hydrogens (tertiary/aromatic N) is 1. The third-order valence-corrected chi connectivity index (χ3v) is 8.35. The first-order valence-electron chi connectivity index (χ1n) is 12.4. The van der Waals surface area contributed by atoms with Gasteiger partial charge in [-0.2, -0.15) is 0 Å². The van der Waals surface area contributed by atoms with Gasteiger partial charge in [0.15, 0.2) is 11.5 Å². The predicted molar refractivity (Wildman–Crippen MR) is 143 cm³/mol. The maximum Gasteiger partial charge on any atom is 0.287 e. The molecule has 0 saturated carbocycles. The maximum absolute atomic E-state index is 14.1. The molecular formula is C27H30ClN3O6S. The molecule has 2 aromatic carbocycles. The van der Waals surface area contributed by atoms with Crippen molar-refractivity contribution in [2.24, 2.45) is 5.92 Å². The molecule has 4 rings (SSSR count). The molecular weight excluding hydrogens is 530 g/mol. The number of fused-ring (bicyclic) bond motifs is 1. The SMILES string of the molecule is CC(C)CC(NC(=O)c1cc2ccccc2o1)C(=O)N([C@H]1CCCNCC1=O)S(=O)(=O)c1cccc(Cl)c1. The van der Waals surface area contributed by atoms with Crippen LogP contribution in [0, 0.1) is 5.92 Å². The van der Waals surface area contributed by atoms with E-state index in [-0.39, 0.29) is 41.0 Å². The predicted octanol–water partition coefficient (Wildman–Crippen LogP) is 3.77. The molecule has 11 heteroatoms. The maximum atomic E-state index is 14.1. The molecule has 38 heavy (non-hydrogen) atoms. The lowest BCUT2D eigenvalue weighted by Gasteiger charge is -2.33. The molecule has 202 valence electrons. The number of amides is 2. The van der Waals surface area contributed by atoms with E-state index in [1.165, 1.54) is 24.3 Å². The third-order valence-electron chi connectivity index (χ3n) is 6.32. The van der Waals surface area contributed by atoms with Gasteiger partial charge in [-0.15, -0.1) is 0 Å². The Balaban J connectivity index is 1.73. The van der Waals surface area contributed by atoms with Crippen LogP contribution in [-0.4, -0.2) is 55.5 Å². The Kier molecular flexibility index (Phi) is 8.54. The van der Waals surface area contributed by atoms with Crippen molar-refractivity contribution >= 4 is 50.2 Å². The summed E-state index contributed by atoms with van der Waals surface area (Å²) >= 11 is 6.07. The van der Waals surface area contributed by atoms with Crippen LogP contribution >= 0.6 is 11.6 Å². The van der Waals surface area contributed by atoms with Crippen LogP contribution in [0.15, 0.2) is 63.9 Å². The first-order chi connectivity index (χ1) is 18.1. The highest BCUT2D eigenvalue weighted by molar-refractivity contribution is 7.89. The Bertz CT molecular complexity index is 1420. The Morgan fingerprint density at radius 1 is 1.16 bits per heavy atom. The number of para-hydroxylation sites is 1. The molecule has 0 spiro atoms. The van der Waals surface area contributed by atoms with Crippen molar-refractivity contribution < 1.29 is 27.2 Å². The van der Waals surface area contributed by atoms with Crippen molar-refractivity contribution in [1.29, 1.82) is 0 Å². The largest absolute Gasteiger partial charge is 0.451 e. The highest BCUT2D eigenvalue weighted by Gasteiger charge is 2.43. The van der Waals surface area contributed by atoms with Gasteiger partial charge in [0.1, 0.15) is 17.7 Å². The van der Waals surface area contributed by atoms with E-state index in [0.717, 1.165) is 0 Å². The number of nitrogens with one attached hydrogen (secondary N) is 2. The van der Waals surface area contributed by atoms with Crippen LogP contribution in [0.1, 0.15) is 43.7 Å². The standard InChI is InChI=1S/C27H30ClN3O6S/c1-17(2)13-21(30-26(33)25-14-18-7-3-4-11-24(18)37-25)27(34)31(22-10-6-12-29-16-23(22)32)38(35,36)20-9-5-8-19(28)15-20/h3-5,7-9,11,14-15,17,21-22,29H,6,10,12-13,16H2,1-2H3,(H,30,33)/t21?,22-/m0/s1. The minimum atomic E-state index is -4.50. The van der Waals surface area contributed by atoms with E-state index in [0.29, 0.717) is 28.2 Å². The Labute approximate surface area is 226 Å². The fourth-order valence-electron chi connectivity index (χ4n) is 4.51. The number of ketones is 1. The molecule has 9 nitrogen and oxygen atoms in total. The second-order valence-electron chi connectivity index (χ2n) is 9.70. The zero-order chi connectivity index (χ0) is 27.4. The average Bonchev–Trinajstić information content (AvgIpc) is 3.20. The molecule has 1 unspecified atom stereocenters. The summed E-state index contributed by atoms with van der Waals surface area (Å²) < 4.78 is 34.1. The van der Waals surface area contributed by atoms with Crippen molar-refractivity contribution in [3.8, 4) is 0 Å². The van der Waals surface area contributed by atoms with Crippen LogP contribution in [-0.2, 0) is 19.6 Å². The highest BCUT2D eigenvalue weighted by Crippen LogP contribution is 2.27. The number of carbonyl (C=O) groups excluding carboxylic acids is 3. The molecule has 0 bridgehead atoms. The van der Waals surface area contributed by atoms with Crippen LogP contribution in [0.25, 0.3) is 11.0 Å². The van der Waals surface area contributed by atoms with Gasteiger partial charge in [-0.05, 0) is 62.1 Å². The van der Waals surface area contributed by atoms with Crippen molar-refractivity contribution in [2.75, 3.05) is 13.1 Å². The Hall–Kier alpha value is -3.21. The van der Waals surface area contributed by atoms with E-state index in [9.17, 15) is 22.8 Å². The smallest absolute Gasteiger partial charge is 0.287 e. The molecule has 1 aromatic heterocycles. The van der Waals surface area contributed by atoms with Crippen LogP contribution in [0.2, 0.25) is 5.02 Å². The molecule has 1 fully saturated rings. The number of halogens is 1. The van der Waals surface area contributed by atoms with E-state index in [1.807, 2.05) is 19.9 Å². The van der Waals surface area contributed by atoms with Crippen LogP contribution in [0.3, 0.4) is 0 Å². The zero-order valence-corrected chi connectivity index (χ0v) is 22.7. The molecule has 2 atom stereocenters. The van der Waals surface area contributed by atoms with Gasteiger partial charge in [0.2, 0.25) is 0 Å². The van der Waals surface area contributed by atoms with Gasteiger partial charge in [0, 0.05) is 10.4 Å². The summed E-state index contributed by atoms with van der Waals surface area (Å²) in [5, 5.41) is 6.52. The molecule has 0 radical (unpaired) electrons. The third kappa shape index (κ3) is 6.09. The van der Waals surface area contributed by atoms with Gasteiger partial charge >= 0.3 is 0 Å². The van der Waals surface area contributed by atoms with Crippen molar-refractivity contribution in [1.82, 2.24) is 14.9 Å². The molecule has 2 heterocycles. The lowest BCUT2D eigenvalue weighted by atomic mass is 10.0. The summed E-state index contributed by atoms with van der Waals surface area (Å²) in [5.74, 6) is -2.06. The summed E-state index contributed by atoms with van der Waals surface area (Å²) in [7, 11) is -4.50. The summed E-state index contributed by atoms with van der Waals surface area (Å²) in [5.41, 5.74) is 0.506. The quantitative estimate of drug-likeness (QED) is 0.430. The summed E-state index contributed by atoms with van der Waals surface area (Å²) in [6.45, 7) is 4.15. The van der Waals surface area contributed by atoms with Gasteiger partial charge in [-0.25, -0.2) is 12.7 Å². The number of benzene rings is 2. The van der Waals surface area contributed by atoms with Gasteiger partial charge < -0.3 is 15.1 Å². The second-order valence-corrected chi connectivity index (χ2v) is 12.0. The summed E-state index contributed by atoms with van der Waals surface area (Å²) in [6, 6.07) is 11.7. The van der Waals surface area contributed by atoms with E-state index in [2.05, 4.69) is 10.6 Å². The minimum Gasteiger partial charge on any atom is -0.451 e. The minimum absolute atomic E-state index is 0.00764. The van der Waals surface area contributed by atoms with E-state index in [1.54, 1.807) is 24.3 Å². The first kappa shape index (κ1) is 27.8. The van der Waals surface area contributed by atoms with E-state index >= 15 is 0 Å². The summed E-state index contributed by atoms with van der Waals surface area (Å²) in [6.07, 6.45) is 0.792. The number of furan rings is 1. The Morgan fingerprint density at radius 2 is 1.92 bits per heavy atom. The van der Waals surface area contributed by atoms with E-state index < -0.39 is 39.7 Å². The number of Topliss-reactive ketones (excluding diaryl/α,β-unsaturated/α-hetero) is 1. The number of sulfonamides is 1. The fraction of sp³-hybridized carbons (Fsp3) is 0.370. The second kappa shape index (κ2) is 11.7. The van der Waals surface area contributed by atoms with E-state index in [4.69, 9.17) is 16.0 Å². The molecule has 1 aliphatic rings. The molecule has 3 aromatic rings. The lowest BCUT2D eigenvalue weighted by Crippen LogP contribution is -2.56.